The Morgan fingerprint density at radius 3 is 2.68 bits per heavy atom. The van der Waals surface area contributed by atoms with E-state index in [0.717, 1.165) is 10.0 Å². The molecule has 1 heterocycles. The van der Waals surface area contributed by atoms with Gasteiger partial charge in [0.15, 0.2) is 0 Å². The van der Waals surface area contributed by atoms with E-state index in [-0.39, 0.29) is 24.3 Å². The maximum absolute atomic E-state index is 12.1. The number of non-ortho nitro benzene ring substituents is 1. The van der Waals surface area contributed by atoms with Crippen molar-refractivity contribution in [1.82, 2.24) is 0 Å². The van der Waals surface area contributed by atoms with Crippen LogP contribution in [0.2, 0.25) is 0 Å². The quantitative estimate of drug-likeness (QED) is 0.601. The second-order valence-corrected chi connectivity index (χ2v) is 5.95. The highest BCUT2D eigenvalue weighted by atomic mass is 79.9. The first kappa shape index (κ1) is 14.6. The molecular formula is C16H11BrN2O3. The molecule has 0 saturated heterocycles. The van der Waals surface area contributed by atoms with E-state index in [1.807, 2.05) is 24.3 Å². The Hall–Kier alpha value is -2.34. The van der Waals surface area contributed by atoms with Gasteiger partial charge in [0.25, 0.3) is 5.69 Å². The van der Waals surface area contributed by atoms with Gasteiger partial charge in [0.05, 0.1) is 16.3 Å². The van der Waals surface area contributed by atoms with E-state index in [2.05, 4.69) is 20.9 Å². The minimum atomic E-state index is -0.464. The Morgan fingerprint density at radius 2 is 1.95 bits per heavy atom. The summed E-state index contributed by atoms with van der Waals surface area (Å²) in [6, 6.07) is 12.0. The normalized spacial score (nSPS) is 14.0. The summed E-state index contributed by atoms with van der Waals surface area (Å²) >= 11 is 3.41. The third kappa shape index (κ3) is 2.96. The Morgan fingerprint density at radius 1 is 1.14 bits per heavy atom. The van der Waals surface area contributed by atoms with Crippen molar-refractivity contribution in [3.05, 3.63) is 68.2 Å². The Balaban J connectivity index is 2.10. The van der Waals surface area contributed by atoms with Gasteiger partial charge in [0.1, 0.15) is 5.78 Å². The first-order valence-corrected chi connectivity index (χ1v) is 7.45. The van der Waals surface area contributed by atoms with Crippen molar-refractivity contribution in [1.29, 1.82) is 0 Å². The van der Waals surface area contributed by atoms with Crippen LogP contribution in [-0.4, -0.2) is 16.4 Å². The van der Waals surface area contributed by atoms with E-state index in [9.17, 15) is 14.9 Å². The number of ketones is 1. The van der Waals surface area contributed by atoms with Crippen LogP contribution in [0.4, 0.5) is 11.4 Å². The summed E-state index contributed by atoms with van der Waals surface area (Å²) in [6.07, 6.45) is 0.386. The van der Waals surface area contributed by atoms with Crippen molar-refractivity contribution in [2.75, 3.05) is 0 Å². The summed E-state index contributed by atoms with van der Waals surface area (Å²) in [5.74, 6) is -0.00188. The largest absolute Gasteiger partial charge is 0.299 e. The molecule has 0 N–H and O–H groups in total. The molecule has 2 aromatic rings. The molecule has 110 valence electrons. The topological polar surface area (TPSA) is 72.6 Å². The number of nitro groups is 1. The molecule has 0 radical (unpaired) electrons. The molecule has 0 aromatic heterocycles. The van der Waals surface area contributed by atoms with Crippen LogP contribution in [0, 0.1) is 10.1 Å². The standard InChI is InChI=1S/C16H11BrN2O3/c17-12-3-1-2-10(6-12)16-9-14(20)8-11-7-13(19(21)22)4-5-15(11)18-16/h1-7H,8-9H2. The Labute approximate surface area is 135 Å². The number of aliphatic imine (C=N–C) groups is 1. The van der Waals surface area contributed by atoms with Gasteiger partial charge in [-0.1, -0.05) is 28.1 Å². The van der Waals surface area contributed by atoms with Crippen LogP contribution in [-0.2, 0) is 11.2 Å². The molecule has 1 aliphatic rings. The van der Waals surface area contributed by atoms with Gasteiger partial charge >= 0.3 is 0 Å². The number of halogens is 1. The minimum absolute atomic E-state index is 0.00188. The SMILES string of the molecule is O=C1CC(c2cccc(Br)c2)=Nc2ccc([N+](=O)[O-])cc2C1. The van der Waals surface area contributed by atoms with Gasteiger partial charge in [-0.15, -0.1) is 0 Å². The van der Waals surface area contributed by atoms with Crippen LogP contribution in [0.15, 0.2) is 51.9 Å². The number of hydrogen-bond acceptors (Lipinski definition) is 4. The highest BCUT2D eigenvalue weighted by Crippen LogP contribution is 2.29. The van der Waals surface area contributed by atoms with E-state index < -0.39 is 4.92 Å². The van der Waals surface area contributed by atoms with Crippen molar-refractivity contribution in [2.24, 2.45) is 4.99 Å². The molecule has 0 aliphatic carbocycles. The van der Waals surface area contributed by atoms with Crippen LogP contribution in [0.3, 0.4) is 0 Å². The van der Waals surface area contributed by atoms with Gasteiger partial charge in [0, 0.05) is 29.4 Å². The molecule has 0 saturated carbocycles. The number of rotatable bonds is 2. The fourth-order valence-corrected chi connectivity index (χ4v) is 2.82. The van der Waals surface area contributed by atoms with Crippen molar-refractivity contribution in [3.8, 4) is 0 Å². The molecule has 5 nitrogen and oxygen atoms in total. The number of fused-ring (bicyclic) bond motifs is 1. The molecule has 0 spiro atoms. The maximum Gasteiger partial charge on any atom is 0.269 e. The molecule has 3 rings (SSSR count). The highest BCUT2D eigenvalue weighted by Gasteiger charge is 2.20. The summed E-state index contributed by atoms with van der Waals surface area (Å²) in [5.41, 5.74) is 2.75. The number of nitrogens with zero attached hydrogens (tertiary/aromatic N) is 2. The fourth-order valence-electron chi connectivity index (χ4n) is 2.42. The van der Waals surface area contributed by atoms with Gasteiger partial charge < -0.3 is 0 Å². The zero-order chi connectivity index (χ0) is 15.7. The van der Waals surface area contributed by atoms with Crippen molar-refractivity contribution in [3.63, 3.8) is 0 Å². The molecule has 6 heteroatoms. The number of hydrogen-bond donors (Lipinski definition) is 0. The number of carbonyl (C=O) groups excluding carboxylic acids is 1. The average molecular weight is 359 g/mol. The van der Waals surface area contributed by atoms with Crippen molar-refractivity contribution < 1.29 is 9.72 Å². The maximum atomic E-state index is 12.1. The first-order valence-electron chi connectivity index (χ1n) is 6.65. The van der Waals surface area contributed by atoms with E-state index in [4.69, 9.17) is 0 Å². The zero-order valence-electron chi connectivity index (χ0n) is 11.5. The molecule has 0 unspecified atom stereocenters. The molecule has 1 aliphatic heterocycles. The average Bonchev–Trinajstić information content (AvgIpc) is 2.64. The summed E-state index contributed by atoms with van der Waals surface area (Å²) in [5, 5.41) is 10.9. The predicted octanol–water partition coefficient (Wildman–Crippen LogP) is 3.99. The van der Waals surface area contributed by atoms with Crippen LogP contribution < -0.4 is 0 Å². The minimum Gasteiger partial charge on any atom is -0.299 e. The third-order valence-electron chi connectivity index (χ3n) is 3.44. The first-order chi connectivity index (χ1) is 10.5. The smallest absolute Gasteiger partial charge is 0.269 e. The number of nitro benzene ring substituents is 1. The third-order valence-corrected chi connectivity index (χ3v) is 3.93. The molecule has 22 heavy (non-hydrogen) atoms. The predicted molar refractivity (Wildman–Crippen MR) is 86.8 cm³/mol. The molecule has 0 atom stereocenters. The number of Topliss-reactive ketones (excluding diaryl/α,β-unsaturated/α-hetero) is 1. The lowest BCUT2D eigenvalue weighted by molar-refractivity contribution is -0.384. The zero-order valence-corrected chi connectivity index (χ0v) is 13.0. The molecule has 2 aromatic carbocycles. The van der Waals surface area contributed by atoms with Crippen molar-refractivity contribution >= 4 is 38.8 Å². The lowest BCUT2D eigenvalue weighted by Gasteiger charge is -2.04. The van der Waals surface area contributed by atoms with Crippen LogP contribution >= 0.6 is 15.9 Å². The summed E-state index contributed by atoms with van der Waals surface area (Å²) in [6.45, 7) is 0. The lowest BCUT2D eigenvalue weighted by atomic mass is 10.0. The highest BCUT2D eigenvalue weighted by molar-refractivity contribution is 9.10. The molecule has 0 fully saturated rings. The van der Waals surface area contributed by atoms with Gasteiger partial charge in [-0.05, 0) is 29.3 Å². The van der Waals surface area contributed by atoms with Crippen molar-refractivity contribution in [2.45, 2.75) is 12.8 Å². The van der Waals surface area contributed by atoms with Crippen LogP contribution in [0.5, 0.6) is 0 Å². The van der Waals surface area contributed by atoms with Gasteiger partial charge in [-0.2, -0.15) is 0 Å². The second kappa shape index (κ2) is 5.81. The number of benzene rings is 2. The second-order valence-electron chi connectivity index (χ2n) is 5.03. The van der Waals surface area contributed by atoms with Gasteiger partial charge in [0.2, 0.25) is 0 Å². The van der Waals surface area contributed by atoms with Crippen LogP contribution in [0.1, 0.15) is 17.5 Å². The van der Waals surface area contributed by atoms with E-state index >= 15 is 0 Å². The monoisotopic (exact) mass is 358 g/mol. The summed E-state index contributed by atoms with van der Waals surface area (Å²) in [4.78, 5) is 27.1. The molecule has 0 bridgehead atoms. The molecule has 0 amide bonds. The van der Waals surface area contributed by atoms with Gasteiger partial charge in [-0.3, -0.25) is 19.9 Å². The van der Waals surface area contributed by atoms with Crippen LogP contribution in [0.25, 0.3) is 0 Å². The Bertz CT molecular complexity index is 815. The van der Waals surface area contributed by atoms with Gasteiger partial charge in [-0.25, -0.2) is 0 Å². The fraction of sp³-hybridized carbons (Fsp3) is 0.125. The molecular weight excluding hydrogens is 348 g/mol. The summed E-state index contributed by atoms with van der Waals surface area (Å²) in [7, 11) is 0. The summed E-state index contributed by atoms with van der Waals surface area (Å²) < 4.78 is 0.910. The van der Waals surface area contributed by atoms with E-state index in [0.29, 0.717) is 17.0 Å². The Kier molecular flexibility index (Phi) is 3.85. The van der Waals surface area contributed by atoms with E-state index in [1.54, 1.807) is 6.07 Å². The number of carbonyl (C=O) groups is 1. The van der Waals surface area contributed by atoms with E-state index in [1.165, 1.54) is 12.1 Å². The lowest BCUT2D eigenvalue weighted by Crippen LogP contribution is -2.09.